The fraction of sp³-hybridized carbons (Fsp3) is 0.120. The number of hydrogen-bond donors (Lipinski definition) is 1. The standard InChI is InChI=1S/C25H20N2O4/c26-16-20(25(28)27-21-9-10-23-24(15-21)30-12-11-29-23)13-19-7-4-8-22(14-19)31-17-18-5-2-1-3-6-18/h1-10,13-15H,11-12,17H2,(H,27,28)/b20-13+. The highest BCUT2D eigenvalue weighted by molar-refractivity contribution is 6.09. The van der Waals surface area contributed by atoms with Gasteiger partial charge in [-0.1, -0.05) is 42.5 Å². The first-order valence-electron chi connectivity index (χ1n) is 9.81. The van der Waals surface area contributed by atoms with E-state index in [9.17, 15) is 10.1 Å². The number of nitriles is 1. The van der Waals surface area contributed by atoms with Crippen LogP contribution in [0.15, 0.2) is 78.4 Å². The zero-order valence-corrected chi connectivity index (χ0v) is 16.7. The lowest BCUT2D eigenvalue weighted by Gasteiger charge is -2.18. The summed E-state index contributed by atoms with van der Waals surface area (Å²) in [7, 11) is 0. The number of amides is 1. The van der Waals surface area contributed by atoms with Crippen LogP contribution in [0.4, 0.5) is 5.69 Å². The summed E-state index contributed by atoms with van der Waals surface area (Å²) >= 11 is 0. The Hall–Kier alpha value is -4.24. The molecule has 1 amide bonds. The van der Waals surface area contributed by atoms with Crippen molar-refractivity contribution in [2.45, 2.75) is 6.61 Å². The van der Waals surface area contributed by atoms with E-state index in [0.717, 1.165) is 5.56 Å². The minimum atomic E-state index is -0.505. The molecule has 0 fully saturated rings. The molecular formula is C25H20N2O4. The molecule has 0 unspecified atom stereocenters. The lowest BCUT2D eigenvalue weighted by molar-refractivity contribution is -0.112. The Balaban J connectivity index is 1.45. The lowest BCUT2D eigenvalue weighted by atomic mass is 10.1. The van der Waals surface area contributed by atoms with Crippen LogP contribution in [0.2, 0.25) is 0 Å². The van der Waals surface area contributed by atoms with E-state index in [1.54, 1.807) is 24.3 Å². The number of nitrogens with one attached hydrogen (secondary N) is 1. The third-order valence-corrected chi connectivity index (χ3v) is 4.58. The van der Waals surface area contributed by atoms with Crippen molar-refractivity contribution in [1.29, 1.82) is 5.26 Å². The molecule has 0 aliphatic carbocycles. The topological polar surface area (TPSA) is 80.6 Å². The average molecular weight is 412 g/mol. The molecule has 1 aliphatic heterocycles. The largest absolute Gasteiger partial charge is 0.489 e. The third kappa shape index (κ3) is 5.22. The molecule has 3 aromatic rings. The van der Waals surface area contributed by atoms with E-state index in [1.165, 1.54) is 6.08 Å². The number of nitrogens with zero attached hydrogens (tertiary/aromatic N) is 1. The van der Waals surface area contributed by atoms with Gasteiger partial charge in [-0.3, -0.25) is 4.79 Å². The first kappa shape index (κ1) is 20.0. The van der Waals surface area contributed by atoms with E-state index in [0.29, 0.717) is 48.3 Å². The van der Waals surface area contributed by atoms with E-state index in [2.05, 4.69) is 5.32 Å². The number of carbonyl (C=O) groups excluding carboxylic acids is 1. The van der Waals surface area contributed by atoms with Crippen LogP contribution in [-0.4, -0.2) is 19.1 Å². The number of ether oxygens (including phenoxy) is 3. The molecule has 6 nitrogen and oxygen atoms in total. The van der Waals surface area contributed by atoms with Crippen LogP contribution in [0, 0.1) is 11.3 Å². The van der Waals surface area contributed by atoms with Crippen molar-refractivity contribution in [2.24, 2.45) is 0 Å². The Morgan fingerprint density at radius 3 is 2.61 bits per heavy atom. The van der Waals surface area contributed by atoms with Gasteiger partial charge in [0.2, 0.25) is 0 Å². The maximum atomic E-state index is 12.6. The summed E-state index contributed by atoms with van der Waals surface area (Å²) in [6, 6.07) is 24.2. The van der Waals surface area contributed by atoms with Gasteiger partial charge in [0, 0.05) is 11.8 Å². The summed E-state index contributed by atoms with van der Waals surface area (Å²) < 4.78 is 16.8. The van der Waals surface area contributed by atoms with Crippen molar-refractivity contribution >= 4 is 17.7 Å². The predicted octanol–water partition coefficient (Wildman–Crippen LogP) is 4.58. The van der Waals surface area contributed by atoms with Crippen molar-refractivity contribution in [3.8, 4) is 23.3 Å². The van der Waals surface area contributed by atoms with Crippen molar-refractivity contribution in [1.82, 2.24) is 0 Å². The summed E-state index contributed by atoms with van der Waals surface area (Å²) in [4.78, 5) is 12.6. The zero-order valence-electron chi connectivity index (χ0n) is 16.7. The predicted molar refractivity (Wildman–Crippen MR) is 117 cm³/mol. The van der Waals surface area contributed by atoms with E-state index in [-0.39, 0.29) is 5.57 Å². The second-order valence-corrected chi connectivity index (χ2v) is 6.83. The van der Waals surface area contributed by atoms with Gasteiger partial charge in [-0.25, -0.2) is 0 Å². The average Bonchev–Trinajstić information content (AvgIpc) is 2.82. The minimum absolute atomic E-state index is 0.0184. The summed E-state index contributed by atoms with van der Waals surface area (Å²) in [5.74, 6) is 1.35. The van der Waals surface area contributed by atoms with Gasteiger partial charge >= 0.3 is 0 Å². The molecule has 154 valence electrons. The first-order chi connectivity index (χ1) is 15.2. The van der Waals surface area contributed by atoms with E-state index >= 15 is 0 Å². The van der Waals surface area contributed by atoms with Gasteiger partial charge in [-0.2, -0.15) is 5.26 Å². The molecule has 0 bridgehead atoms. The Bertz CT molecular complexity index is 1150. The molecule has 0 spiro atoms. The second-order valence-electron chi connectivity index (χ2n) is 6.83. The fourth-order valence-electron chi connectivity index (χ4n) is 3.07. The summed E-state index contributed by atoms with van der Waals surface area (Å²) in [5, 5.41) is 12.2. The molecule has 0 atom stereocenters. The molecule has 1 aliphatic rings. The van der Waals surface area contributed by atoms with Gasteiger partial charge in [0.1, 0.15) is 37.2 Å². The Morgan fingerprint density at radius 2 is 1.81 bits per heavy atom. The van der Waals surface area contributed by atoms with Crippen molar-refractivity contribution in [2.75, 3.05) is 18.5 Å². The second kappa shape index (κ2) is 9.51. The molecule has 4 rings (SSSR count). The van der Waals surface area contributed by atoms with Crippen LogP contribution in [0.5, 0.6) is 17.2 Å². The van der Waals surface area contributed by atoms with Gasteiger partial charge in [0.15, 0.2) is 11.5 Å². The number of benzene rings is 3. The minimum Gasteiger partial charge on any atom is -0.489 e. The number of hydrogen-bond acceptors (Lipinski definition) is 5. The van der Waals surface area contributed by atoms with Crippen LogP contribution >= 0.6 is 0 Å². The van der Waals surface area contributed by atoms with Crippen LogP contribution in [0.1, 0.15) is 11.1 Å². The highest BCUT2D eigenvalue weighted by Crippen LogP contribution is 2.32. The highest BCUT2D eigenvalue weighted by atomic mass is 16.6. The Morgan fingerprint density at radius 1 is 1.00 bits per heavy atom. The quantitative estimate of drug-likeness (QED) is 0.473. The summed E-state index contributed by atoms with van der Waals surface area (Å²) in [6.07, 6.45) is 1.53. The zero-order chi connectivity index (χ0) is 21.5. The van der Waals surface area contributed by atoms with E-state index < -0.39 is 5.91 Å². The van der Waals surface area contributed by atoms with E-state index in [1.807, 2.05) is 54.6 Å². The van der Waals surface area contributed by atoms with Crippen LogP contribution in [0.25, 0.3) is 6.08 Å². The van der Waals surface area contributed by atoms with Crippen LogP contribution in [-0.2, 0) is 11.4 Å². The molecule has 0 radical (unpaired) electrons. The number of carbonyl (C=O) groups is 1. The lowest BCUT2D eigenvalue weighted by Crippen LogP contribution is -2.17. The van der Waals surface area contributed by atoms with Gasteiger partial charge in [-0.15, -0.1) is 0 Å². The summed E-state index contributed by atoms with van der Waals surface area (Å²) in [5.41, 5.74) is 2.25. The van der Waals surface area contributed by atoms with Crippen LogP contribution < -0.4 is 19.5 Å². The Kier molecular flexibility index (Phi) is 6.15. The first-order valence-corrected chi connectivity index (χ1v) is 9.81. The monoisotopic (exact) mass is 412 g/mol. The molecule has 0 saturated heterocycles. The smallest absolute Gasteiger partial charge is 0.266 e. The third-order valence-electron chi connectivity index (χ3n) is 4.58. The molecule has 0 saturated carbocycles. The van der Waals surface area contributed by atoms with Gasteiger partial charge < -0.3 is 19.5 Å². The number of rotatable bonds is 6. The molecular weight excluding hydrogens is 392 g/mol. The fourth-order valence-corrected chi connectivity index (χ4v) is 3.07. The number of fused-ring (bicyclic) bond motifs is 1. The maximum Gasteiger partial charge on any atom is 0.266 e. The molecule has 1 heterocycles. The molecule has 3 aromatic carbocycles. The van der Waals surface area contributed by atoms with Gasteiger partial charge in [-0.05, 0) is 41.5 Å². The van der Waals surface area contributed by atoms with Gasteiger partial charge in [0.05, 0.1) is 0 Å². The van der Waals surface area contributed by atoms with Crippen molar-refractivity contribution in [3.63, 3.8) is 0 Å². The van der Waals surface area contributed by atoms with Crippen molar-refractivity contribution in [3.05, 3.63) is 89.5 Å². The maximum absolute atomic E-state index is 12.6. The summed E-state index contributed by atoms with van der Waals surface area (Å²) in [6.45, 7) is 1.38. The molecule has 31 heavy (non-hydrogen) atoms. The number of anilines is 1. The normalized spacial score (nSPS) is 12.5. The van der Waals surface area contributed by atoms with Gasteiger partial charge in [0.25, 0.3) is 5.91 Å². The molecule has 1 N–H and O–H groups in total. The van der Waals surface area contributed by atoms with E-state index in [4.69, 9.17) is 14.2 Å². The highest BCUT2D eigenvalue weighted by Gasteiger charge is 2.14. The van der Waals surface area contributed by atoms with Crippen molar-refractivity contribution < 1.29 is 19.0 Å². The van der Waals surface area contributed by atoms with Crippen LogP contribution in [0.3, 0.4) is 0 Å². The molecule has 0 aromatic heterocycles. The SMILES string of the molecule is N#C/C(=C\c1cccc(OCc2ccccc2)c1)C(=O)Nc1ccc2c(c1)OCCO2. The molecule has 6 heteroatoms. The Labute approximate surface area is 180 Å².